The Bertz CT molecular complexity index is 373. The van der Waals surface area contributed by atoms with E-state index in [1.165, 1.54) is 11.3 Å². The minimum Gasteiger partial charge on any atom is -0.383 e. The summed E-state index contributed by atoms with van der Waals surface area (Å²) in [6, 6.07) is 8.90. The van der Waals surface area contributed by atoms with Gasteiger partial charge < -0.3 is 15.0 Å². The maximum absolute atomic E-state index is 5.22. The Hall–Kier alpha value is -1.06. The van der Waals surface area contributed by atoms with E-state index in [0.29, 0.717) is 11.8 Å². The zero-order valence-corrected chi connectivity index (χ0v) is 14.4. The van der Waals surface area contributed by atoms with Crippen molar-refractivity contribution in [2.24, 2.45) is 11.8 Å². The highest BCUT2D eigenvalue weighted by molar-refractivity contribution is 5.47. The van der Waals surface area contributed by atoms with Crippen LogP contribution in [0, 0.1) is 11.8 Å². The van der Waals surface area contributed by atoms with Crippen LogP contribution >= 0.6 is 0 Å². The third-order valence-corrected chi connectivity index (χ3v) is 3.33. The molecule has 0 fully saturated rings. The first kappa shape index (κ1) is 18.0. The molecule has 1 aromatic rings. The fourth-order valence-electron chi connectivity index (χ4n) is 2.30. The lowest BCUT2D eigenvalue weighted by Gasteiger charge is -2.26. The summed E-state index contributed by atoms with van der Waals surface area (Å²) in [6.07, 6.45) is 0. The van der Waals surface area contributed by atoms with E-state index in [1.54, 1.807) is 7.11 Å². The number of nitrogens with one attached hydrogen (secondary N) is 1. The van der Waals surface area contributed by atoms with Crippen molar-refractivity contribution in [1.82, 2.24) is 5.32 Å². The van der Waals surface area contributed by atoms with Gasteiger partial charge in [-0.15, -0.1) is 0 Å². The SMILES string of the molecule is COCCN(CC(C)C)c1ccc(CNCC(C)C)cc1. The first-order chi connectivity index (χ1) is 10.0. The molecule has 0 spiro atoms. The number of rotatable bonds is 10. The Morgan fingerprint density at radius 3 is 2.24 bits per heavy atom. The summed E-state index contributed by atoms with van der Waals surface area (Å²) in [4.78, 5) is 2.40. The number of nitrogens with zero attached hydrogens (tertiary/aromatic N) is 1. The molecule has 0 amide bonds. The topological polar surface area (TPSA) is 24.5 Å². The van der Waals surface area contributed by atoms with Crippen molar-refractivity contribution in [3.8, 4) is 0 Å². The summed E-state index contributed by atoms with van der Waals surface area (Å²) >= 11 is 0. The van der Waals surface area contributed by atoms with E-state index >= 15 is 0 Å². The molecule has 21 heavy (non-hydrogen) atoms. The summed E-state index contributed by atoms with van der Waals surface area (Å²) in [6.45, 7) is 13.8. The van der Waals surface area contributed by atoms with Gasteiger partial charge >= 0.3 is 0 Å². The van der Waals surface area contributed by atoms with Crippen molar-refractivity contribution in [2.45, 2.75) is 34.2 Å². The molecule has 120 valence electrons. The predicted octanol–water partition coefficient (Wildman–Crippen LogP) is 3.54. The number of ether oxygens (including phenoxy) is 1. The molecular formula is C18H32N2O. The maximum Gasteiger partial charge on any atom is 0.0637 e. The molecule has 1 N–H and O–H groups in total. The van der Waals surface area contributed by atoms with Crippen LogP contribution in [0.5, 0.6) is 0 Å². The van der Waals surface area contributed by atoms with Gasteiger partial charge in [0.2, 0.25) is 0 Å². The van der Waals surface area contributed by atoms with Crippen LogP contribution in [0.2, 0.25) is 0 Å². The molecule has 0 aromatic heterocycles. The number of benzene rings is 1. The fraction of sp³-hybridized carbons (Fsp3) is 0.667. The summed E-state index contributed by atoms with van der Waals surface area (Å²) < 4.78 is 5.22. The van der Waals surface area contributed by atoms with E-state index in [4.69, 9.17) is 4.74 Å². The highest BCUT2D eigenvalue weighted by Crippen LogP contribution is 2.17. The summed E-state index contributed by atoms with van der Waals surface area (Å²) in [7, 11) is 1.76. The van der Waals surface area contributed by atoms with Crippen LogP contribution in [-0.4, -0.2) is 33.4 Å². The van der Waals surface area contributed by atoms with Crippen LogP contribution in [0.3, 0.4) is 0 Å². The van der Waals surface area contributed by atoms with E-state index in [9.17, 15) is 0 Å². The van der Waals surface area contributed by atoms with Crippen molar-refractivity contribution < 1.29 is 4.74 Å². The molecule has 0 heterocycles. The highest BCUT2D eigenvalue weighted by atomic mass is 16.5. The lowest BCUT2D eigenvalue weighted by Crippen LogP contribution is -2.30. The molecular weight excluding hydrogens is 260 g/mol. The van der Waals surface area contributed by atoms with Crippen LogP contribution < -0.4 is 10.2 Å². The largest absolute Gasteiger partial charge is 0.383 e. The second kappa shape index (κ2) is 9.80. The van der Waals surface area contributed by atoms with Gasteiger partial charge in [0.25, 0.3) is 0 Å². The molecule has 3 heteroatoms. The Morgan fingerprint density at radius 1 is 1.05 bits per heavy atom. The minimum absolute atomic E-state index is 0.647. The number of methoxy groups -OCH3 is 1. The van der Waals surface area contributed by atoms with Gasteiger partial charge in [0.1, 0.15) is 0 Å². The second-order valence-electron chi connectivity index (χ2n) is 6.52. The van der Waals surface area contributed by atoms with Gasteiger partial charge in [-0.25, -0.2) is 0 Å². The molecule has 0 atom stereocenters. The Kier molecular flexibility index (Phi) is 8.40. The lowest BCUT2D eigenvalue weighted by atomic mass is 10.1. The van der Waals surface area contributed by atoms with E-state index in [-0.39, 0.29) is 0 Å². The molecule has 0 aliphatic heterocycles. The maximum atomic E-state index is 5.22. The predicted molar refractivity (Wildman–Crippen MR) is 91.9 cm³/mol. The zero-order valence-electron chi connectivity index (χ0n) is 14.4. The molecule has 3 nitrogen and oxygen atoms in total. The van der Waals surface area contributed by atoms with Gasteiger partial charge in [-0.2, -0.15) is 0 Å². The van der Waals surface area contributed by atoms with Crippen LogP contribution in [0.25, 0.3) is 0 Å². The van der Waals surface area contributed by atoms with Crippen molar-refractivity contribution in [1.29, 1.82) is 0 Å². The first-order valence-corrected chi connectivity index (χ1v) is 8.06. The quantitative estimate of drug-likeness (QED) is 0.714. The smallest absolute Gasteiger partial charge is 0.0637 e. The molecule has 0 aliphatic carbocycles. The van der Waals surface area contributed by atoms with Gasteiger partial charge in [0, 0.05) is 32.4 Å². The minimum atomic E-state index is 0.647. The van der Waals surface area contributed by atoms with Gasteiger partial charge in [0.05, 0.1) is 6.61 Å². The summed E-state index contributed by atoms with van der Waals surface area (Å²) in [5, 5.41) is 3.48. The summed E-state index contributed by atoms with van der Waals surface area (Å²) in [5.41, 5.74) is 2.63. The normalized spacial score (nSPS) is 11.4. The Balaban J connectivity index is 2.59. The van der Waals surface area contributed by atoms with Crippen molar-refractivity contribution in [3.05, 3.63) is 29.8 Å². The van der Waals surface area contributed by atoms with Crippen molar-refractivity contribution in [3.63, 3.8) is 0 Å². The van der Waals surface area contributed by atoms with Gasteiger partial charge in [-0.3, -0.25) is 0 Å². The Labute approximate surface area is 130 Å². The molecule has 0 saturated carbocycles. The Morgan fingerprint density at radius 2 is 1.71 bits per heavy atom. The van der Waals surface area contributed by atoms with Crippen LogP contribution in [0.15, 0.2) is 24.3 Å². The number of anilines is 1. The van der Waals surface area contributed by atoms with E-state index < -0.39 is 0 Å². The van der Waals surface area contributed by atoms with E-state index in [1.807, 2.05) is 0 Å². The lowest BCUT2D eigenvalue weighted by molar-refractivity contribution is 0.204. The van der Waals surface area contributed by atoms with Gasteiger partial charge in [-0.1, -0.05) is 39.8 Å². The number of hydrogen-bond acceptors (Lipinski definition) is 3. The zero-order chi connectivity index (χ0) is 15.7. The van der Waals surface area contributed by atoms with Gasteiger partial charge in [0.15, 0.2) is 0 Å². The second-order valence-corrected chi connectivity index (χ2v) is 6.52. The first-order valence-electron chi connectivity index (χ1n) is 8.06. The third-order valence-electron chi connectivity index (χ3n) is 3.33. The average Bonchev–Trinajstić information content (AvgIpc) is 2.43. The average molecular weight is 292 g/mol. The van der Waals surface area contributed by atoms with Gasteiger partial charge in [-0.05, 0) is 36.1 Å². The van der Waals surface area contributed by atoms with Crippen LogP contribution in [0.4, 0.5) is 5.69 Å². The summed E-state index contributed by atoms with van der Waals surface area (Å²) in [5.74, 6) is 1.34. The number of hydrogen-bond donors (Lipinski definition) is 1. The van der Waals surface area contributed by atoms with Crippen LogP contribution in [-0.2, 0) is 11.3 Å². The van der Waals surface area contributed by atoms with E-state index in [2.05, 4.69) is 62.2 Å². The molecule has 1 aromatic carbocycles. The van der Waals surface area contributed by atoms with Crippen molar-refractivity contribution >= 4 is 5.69 Å². The molecule has 0 bridgehead atoms. The van der Waals surface area contributed by atoms with Crippen molar-refractivity contribution in [2.75, 3.05) is 38.3 Å². The molecule has 0 saturated heterocycles. The highest BCUT2D eigenvalue weighted by Gasteiger charge is 2.08. The molecule has 0 radical (unpaired) electrons. The van der Waals surface area contributed by atoms with Crippen LogP contribution in [0.1, 0.15) is 33.3 Å². The molecule has 1 rings (SSSR count). The van der Waals surface area contributed by atoms with E-state index in [0.717, 1.165) is 32.8 Å². The molecule has 0 aliphatic rings. The fourth-order valence-corrected chi connectivity index (χ4v) is 2.30. The monoisotopic (exact) mass is 292 g/mol. The molecule has 0 unspecified atom stereocenters. The third kappa shape index (κ3) is 7.49. The standard InChI is InChI=1S/C18H32N2O/c1-15(2)12-19-13-17-6-8-18(9-7-17)20(10-11-21-5)14-16(3)4/h6-9,15-16,19H,10-14H2,1-5H3.